The van der Waals surface area contributed by atoms with Crippen LogP contribution in [0.2, 0.25) is 0 Å². The number of phenolic OH excluding ortho intramolecular Hbond substituents is 1. The quantitative estimate of drug-likeness (QED) is 0.780. The average Bonchev–Trinajstić information content (AvgIpc) is 2.39. The van der Waals surface area contributed by atoms with Crippen LogP contribution in [-0.2, 0) is 4.79 Å². The minimum Gasteiger partial charge on any atom is -0.508 e. The second-order valence-corrected chi connectivity index (χ2v) is 5.60. The van der Waals surface area contributed by atoms with Crippen molar-refractivity contribution in [3.63, 3.8) is 0 Å². The highest BCUT2D eigenvalue weighted by atomic mass is 16.3. The first-order valence-electron chi connectivity index (χ1n) is 6.82. The molecule has 1 aliphatic heterocycles. The smallest absolute Gasteiger partial charge is 0.226 e. The minimum absolute atomic E-state index is 0.0914. The van der Waals surface area contributed by atoms with Crippen LogP contribution in [0.5, 0.6) is 5.75 Å². The Kier molecular flexibility index (Phi) is 4.10. The summed E-state index contributed by atoms with van der Waals surface area (Å²) in [4.78, 5) is 12.4. The second kappa shape index (κ2) is 5.61. The van der Waals surface area contributed by atoms with Gasteiger partial charge >= 0.3 is 0 Å². The Morgan fingerprint density at radius 2 is 2.11 bits per heavy atom. The molecule has 104 valence electrons. The highest BCUT2D eigenvalue weighted by Crippen LogP contribution is 2.29. The molecule has 3 N–H and O–H groups in total. The van der Waals surface area contributed by atoms with E-state index in [9.17, 15) is 9.90 Å². The predicted molar refractivity (Wildman–Crippen MR) is 74.9 cm³/mol. The lowest BCUT2D eigenvalue weighted by Crippen LogP contribution is -2.46. The molecule has 1 aromatic rings. The molecule has 0 radical (unpaired) electrons. The first-order valence-corrected chi connectivity index (χ1v) is 6.82. The molecule has 1 amide bonds. The van der Waals surface area contributed by atoms with E-state index in [1.165, 1.54) is 0 Å². The molecule has 0 spiro atoms. The Bertz CT molecular complexity index is 453. The minimum atomic E-state index is -0.281. The summed E-state index contributed by atoms with van der Waals surface area (Å²) in [5.41, 5.74) is 0.641. The van der Waals surface area contributed by atoms with Gasteiger partial charge in [0, 0.05) is 5.41 Å². The lowest BCUT2D eigenvalue weighted by Gasteiger charge is -2.33. The van der Waals surface area contributed by atoms with Crippen molar-refractivity contribution in [3.8, 4) is 5.75 Å². The zero-order valence-corrected chi connectivity index (χ0v) is 11.6. The molecule has 4 heteroatoms. The first-order chi connectivity index (χ1) is 9.01. The van der Waals surface area contributed by atoms with Gasteiger partial charge in [-0.3, -0.25) is 4.79 Å². The van der Waals surface area contributed by atoms with Crippen molar-refractivity contribution < 1.29 is 9.90 Å². The van der Waals surface area contributed by atoms with Gasteiger partial charge in [0.2, 0.25) is 5.91 Å². The molecule has 0 bridgehead atoms. The number of aromatic hydroxyl groups is 1. The van der Waals surface area contributed by atoms with E-state index >= 15 is 0 Å². The number of rotatable bonds is 3. The molecule has 1 aromatic carbocycles. The monoisotopic (exact) mass is 262 g/mol. The molecule has 0 aromatic heterocycles. The van der Waals surface area contributed by atoms with Crippen LogP contribution < -0.4 is 10.6 Å². The summed E-state index contributed by atoms with van der Waals surface area (Å²) in [6.07, 6.45) is 1.73. The number of carbonyl (C=O) groups is 1. The van der Waals surface area contributed by atoms with E-state index in [-0.39, 0.29) is 23.1 Å². The van der Waals surface area contributed by atoms with E-state index in [1.807, 2.05) is 19.9 Å². The molecule has 0 aliphatic carbocycles. The molecule has 1 unspecified atom stereocenters. The number of benzene rings is 1. The molecule has 1 fully saturated rings. The molecule has 2 rings (SSSR count). The Labute approximate surface area is 114 Å². The van der Waals surface area contributed by atoms with E-state index in [0.717, 1.165) is 31.5 Å². The van der Waals surface area contributed by atoms with E-state index in [2.05, 4.69) is 10.6 Å². The van der Waals surface area contributed by atoms with Gasteiger partial charge < -0.3 is 15.7 Å². The molecular weight excluding hydrogens is 240 g/mol. The van der Waals surface area contributed by atoms with Crippen LogP contribution in [0.15, 0.2) is 24.3 Å². The predicted octanol–water partition coefficient (Wildman–Crippen LogP) is 1.96. The van der Waals surface area contributed by atoms with Crippen LogP contribution in [0.1, 0.15) is 38.3 Å². The topological polar surface area (TPSA) is 61.4 Å². The Balaban J connectivity index is 2.02. The summed E-state index contributed by atoms with van der Waals surface area (Å²) in [5, 5.41) is 15.8. The number of amides is 1. The average molecular weight is 262 g/mol. The number of hydrogen-bond acceptors (Lipinski definition) is 3. The SMILES string of the molecule is CC(NC(=O)C1(C)CCNCC1)c1cccc(O)c1. The lowest BCUT2D eigenvalue weighted by atomic mass is 9.80. The number of phenols is 1. The maximum absolute atomic E-state index is 12.4. The molecular formula is C15H22N2O2. The zero-order valence-electron chi connectivity index (χ0n) is 11.6. The summed E-state index contributed by atoms with van der Waals surface area (Å²) in [7, 11) is 0. The number of carbonyl (C=O) groups excluding carboxylic acids is 1. The Morgan fingerprint density at radius 3 is 2.74 bits per heavy atom. The van der Waals surface area contributed by atoms with Crippen LogP contribution in [0.25, 0.3) is 0 Å². The molecule has 4 nitrogen and oxygen atoms in total. The summed E-state index contributed by atoms with van der Waals surface area (Å²) < 4.78 is 0. The fourth-order valence-electron chi connectivity index (χ4n) is 2.45. The molecule has 1 saturated heterocycles. The lowest BCUT2D eigenvalue weighted by molar-refractivity contribution is -0.132. The van der Waals surface area contributed by atoms with Gasteiger partial charge in [-0.1, -0.05) is 19.1 Å². The van der Waals surface area contributed by atoms with E-state index in [1.54, 1.807) is 18.2 Å². The van der Waals surface area contributed by atoms with Crippen LogP contribution in [0.4, 0.5) is 0 Å². The molecule has 1 atom stereocenters. The maximum atomic E-state index is 12.4. The van der Waals surface area contributed by atoms with Gasteiger partial charge in [-0.2, -0.15) is 0 Å². The second-order valence-electron chi connectivity index (χ2n) is 5.60. The highest BCUT2D eigenvalue weighted by Gasteiger charge is 2.35. The third kappa shape index (κ3) is 3.26. The van der Waals surface area contributed by atoms with E-state index in [4.69, 9.17) is 0 Å². The van der Waals surface area contributed by atoms with Crippen LogP contribution in [-0.4, -0.2) is 24.1 Å². The zero-order chi connectivity index (χ0) is 13.9. The summed E-state index contributed by atoms with van der Waals surface area (Å²) >= 11 is 0. The molecule has 1 aliphatic rings. The third-order valence-corrected chi connectivity index (χ3v) is 3.97. The normalized spacial score (nSPS) is 19.7. The van der Waals surface area contributed by atoms with Crippen molar-refractivity contribution in [1.29, 1.82) is 0 Å². The number of hydrogen-bond donors (Lipinski definition) is 3. The van der Waals surface area contributed by atoms with Crippen molar-refractivity contribution in [2.24, 2.45) is 5.41 Å². The Morgan fingerprint density at radius 1 is 1.42 bits per heavy atom. The van der Waals surface area contributed by atoms with Gasteiger partial charge in [-0.25, -0.2) is 0 Å². The van der Waals surface area contributed by atoms with Gasteiger partial charge in [0.1, 0.15) is 5.75 Å². The van der Waals surface area contributed by atoms with Crippen molar-refractivity contribution in [3.05, 3.63) is 29.8 Å². The third-order valence-electron chi connectivity index (χ3n) is 3.97. The largest absolute Gasteiger partial charge is 0.508 e. The van der Waals surface area contributed by atoms with Crippen molar-refractivity contribution in [1.82, 2.24) is 10.6 Å². The molecule has 0 saturated carbocycles. The summed E-state index contributed by atoms with van der Waals surface area (Å²) in [5.74, 6) is 0.330. The molecule has 1 heterocycles. The van der Waals surface area contributed by atoms with Crippen molar-refractivity contribution in [2.45, 2.75) is 32.7 Å². The van der Waals surface area contributed by atoms with Gasteiger partial charge in [0.15, 0.2) is 0 Å². The van der Waals surface area contributed by atoms with E-state index < -0.39 is 0 Å². The van der Waals surface area contributed by atoms with Crippen molar-refractivity contribution in [2.75, 3.05) is 13.1 Å². The standard InChI is InChI=1S/C15H22N2O2/c1-11(12-4-3-5-13(18)10-12)17-14(19)15(2)6-8-16-9-7-15/h3-5,10-11,16,18H,6-9H2,1-2H3,(H,17,19). The fourth-order valence-corrected chi connectivity index (χ4v) is 2.45. The summed E-state index contributed by atoms with van der Waals surface area (Å²) in [6, 6.07) is 6.93. The number of piperidine rings is 1. The highest BCUT2D eigenvalue weighted by molar-refractivity contribution is 5.82. The number of nitrogens with one attached hydrogen (secondary N) is 2. The Hall–Kier alpha value is -1.55. The first kappa shape index (κ1) is 13.9. The van der Waals surface area contributed by atoms with Gasteiger partial charge in [0.05, 0.1) is 6.04 Å². The van der Waals surface area contributed by atoms with Crippen LogP contribution >= 0.6 is 0 Å². The van der Waals surface area contributed by atoms with E-state index in [0.29, 0.717) is 0 Å². The molecule has 19 heavy (non-hydrogen) atoms. The van der Waals surface area contributed by atoms with Crippen LogP contribution in [0.3, 0.4) is 0 Å². The summed E-state index contributed by atoms with van der Waals surface area (Å²) in [6.45, 7) is 5.75. The van der Waals surface area contributed by atoms with Gasteiger partial charge in [0.25, 0.3) is 0 Å². The maximum Gasteiger partial charge on any atom is 0.226 e. The fraction of sp³-hybridized carbons (Fsp3) is 0.533. The van der Waals surface area contributed by atoms with Gasteiger partial charge in [-0.15, -0.1) is 0 Å². The van der Waals surface area contributed by atoms with Crippen molar-refractivity contribution >= 4 is 5.91 Å². The van der Waals surface area contributed by atoms with Crippen LogP contribution in [0, 0.1) is 5.41 Å². The van der Waals surface area contributed by atoms with Gasteiger partial charge in [-0.05, 0) is 50.6 Å².